The largest absolute Gasteiger partial charge is 0.359 e. The van der Waals surface area contributed by atoms with E-state index in [0.717, 1.165) is 10.6 Å². The third-order valence-corrected chi connectivity index (χ3v) is 2.82. The van der Waals surface area contributed by atoms with Crippen molar-refractivity contribution in [1.29, 1.82) is 0 Å². The second-order valence-electron chi connectivity index (χ2n) is 3.26. The number of nitrogens with zero attached hydrogens (tertiary/aromatic N) is 1. The Balaban J connectivity index is 2.81. The van der Waals surface area contributed by atoms with Crippen molar-refractivity contribution >= 4 is 17.2 Å². The van der Waals surface area contributed by atoms with Gasteiger partial charge in [-0.1, -0.05) is 48.6 Å². The van der Waals surface area contributed by atoms with Gasteiger partial charge < -0.3 is 4.90 Å². The van der Waals surface area contributed by atoms with Gasteiger partial charge >= 0.3 is 0 Å². The minimum atomic E-state index is 0.266. The van der Waals surface area contributed by atoms with E-state index in [9.17, 15) is 0 Å². The van der Waals surface area contributed by atoms with Gasteiger partial charge in [0.05, 0.1) is 0 Å². The average Bonchev–Trinajstić information content (AvgIpc) is 2.27. The van der Waals surface area contributed by atoms with Crippen molar-refractivity contribution in [1.82, 2.24) is 4.90 Å². The van der Waals surface area contributed by atoms with Crippen LogP contribution in [0.25, 0.3) is 0 Å². The lowest BCUT2D eigenvalue weighted by Crippen LogP contribution is -2.32. The molecule has 0 N–H and O–H groups in total. The first-order valence-corrected chi connectivity index (χ1v) is 5.02. The van der Waals surface area contributed by atoms with Crippen molar-refractivity contribution in [3.05, 3.63) is 48.6 Å². The molecule has 0 aromatic heterocycles. The third-order valence-electron chi connectivity index (χ3n) is 2.29. The topological polar surface area (TPSA) is 3.24 Å². The van der Waals surface area contributed by atoms with E-state index in [4.69, 9.17) is 12.2 Å². The van der Waals surface area contributed by atoms with E-state index in [2.05, 4.69) is 13.5 Å². The smallest absolute Gasteiger partial charge is 0.109 e. The van der Waals surface area contributed by atoms with Crippen molar-refractivity contribution < 1.29 is 0 Å². The summed E-state index contributed by atoms with van der Waals surface area (Å²) in [7, 11) is 1.99. The van der Waals surface area contributed by atoms with Crippen LogP contribution in [-0.2, 0) is 0 Å². The number of likely N-dealkylation sites (N-methyl/N-ethyl adjacent to an activating group) is 1. The van der Waals surface area contributed by atoms with Gasteiger partial charge in [-0.25, -0.2) is 0 Å². The molecule has 74 valence electrons. The summed E-state index contributed by atoms with van der Waals surface area (Å²) >= 11 is 5.36. The first-order valence-electron chi connectivity index (χ1n) is 4.61. The number of benzene rings is 1. The lowest BCUT2D eigenvalue weighted by molar-refractivity contribution is 0.462. The van der Waals surface area contributed by atoms with Gasteiger partial charge in [-0.2, -0.15) is 0 Å². The van der Waals surface area contributed by atoms with Gasteiger partial charge in [-0.3, -0.25) is 0 Å². The molecule has 1 atom stereocenters. The Morgan fingerprint density at radius 2 is 2.00 bits per heavy atom. The maximum Gasteiger partial charge on any atom is 0.109 e. The van der Waals surface area contributed by atoms with E-state index >= 15 is 0 Å². The maximum absolute atomic E-state index is 5.36. The fraction of sp³-hybridized carbons (Fsp3) is 0.250. The van der Waals surface area contributed by atoms with Gasteiger partial charge in [0.15, 0.2) is 0 Å². The van der Waals surface area contributed by atoms with Crippen molar-refractivity contribution in [2.75, 3.05) is 7.05 Å². The highest BCUT2D eigenvalue weighted by atomic mass is 32.1. The van der Waals surface area contributed by atoms with Crippen LogP contribution in [0.3, 0.4) is 0 Å². The second kappa shape index (κ2) is 4.91. The second-order valence-corrected chi connectivity index (χ2v) is 3.65. The molecule has 1 unspecified atom stereocenters. The van der Waals surface area contributed by atoms with E-state index in [-0.39, 0.29) is 6.04 Å². The quantitative estimate of drug-likeness (QED) is 0.551. The summed E-state index contributed by atoms with van der Waals surface area (Å²) in [5, 5.41) is 0. The van der Waals surface area contributed by atoms with E-state index in [1.807, 2.05) is 48.4 Å². The Morgan fingerprint density at radius 3 is 2.50 bits per heavy atom. The Kier molecular flexibility index (Phi) is 3.84. The van der Waals surface area contributed by atoms with Crippen LogP contribution in [0.1, 0.15) is 12.5 Å². The van der Waals surface area contributed by atoms with E-state index in [0.29, 0.717) is 0 Å². The van der Waals surface area contributed by atoms with Crippen LogP contribution in [0.5, 0.6) is 0 Å². The van der Waals surface area contributed by atoms with E-state index < -0.39 is 0 Å². The molecule has 1 nitrogen and oxygen atoms in total. The SMILES string of the molecule is C=CC(C)N(C)C(=S)c1ccccc1. The molecule has 14 heavy (non-hydrogen) atoms. The molecule has 0 saturated heterocycles. The Morgan fingerprint density at radius 1 is 1.43 bits per heavy atom. The molecule has 0 fully saturated rings. The van der Waals surface area contributed by atoms with Crippen molar-refractivity contribution in [2.24, 2.45) is 0 Å². The van der Waals surface area contributed by atoms with Crippen molar-refractivity contribution in [3.8, 4) is 0 Å². The average molecular weight is 205 g/mol. The summed E-state index contributed by atoms with van der Waals surface area (Å²) in [6, 6.07) is 10.3. The molecule has 0 aliphatic rings. The molecule has 0 spiro atoms. The summed E-state index contributed by atoms with van der Waals surface area (Å²) in [5.74, 6) is 0. The normalized spacial score (nSPS) is 11.9. The highest BCUT2D eigenvalue weighted by Crippen LogP contribution is 2.07. The minimum Gasteiger partial charge on any atom is -0.359 e. The molecule has 0 aliphatic carbocycles. The third kappa shape index (κ3) is 2.42. The highest BCUT2D eigenvalue weighted by molar-refractivity contribution is 7.80. The molecular formula is C12H15NS. The summed E-state index contributed by atoms with van der Waals surface area (Å²) in [6.07, 6.45) is 1.88. The fourth-order valence-corrected chi connectivity index (χ4v) is 1.43. The number of thiocarbonyl (C=S) groups is 1. The zero-order chi connectivity index (χ0) is 10.6. The van der Waals surface area contributed by atoms with Gasteiger partial charge in [0.2, 0.25) is 0 Å². The lowest BCUT2D eigenvalue weighted by Gasteiger charge is -2.24. The number of rotatable bonds is 3. The molecular weight excluding hydrogens is 190 g/mol. The molecule has 0 heterocycles. The summed E-state index contributed by atoms with van der Waals surface area (Å²) in [6.45, 7) is 5.83. The van der Waals surface area contributed by atoms with E-state index in [1.165, 1.54) is 0 Å². The molecule has 2 heteroatoms. The van der Waals surface area contributed by atoms with Gasteiger partial charge in [0, 0.05) is 18.7 Å². The van der Waals surface area contributed by atoms with Crippen LogP contribution in [0.15, 0.2) is 43.0 Å². The lowest BCUT2D eigenvalue weighted by atomic mass is 10.2. The predicted octanol–water partition coefficient (Wildman–Crippen LogP) is 2.87. The van der Waals surface area contributed by atoms with Gasteiger partial charge in [0.25, 0.3) is 0 Å². The van der Waals surface area contributed by atoms with Crippen LogP contribution in [0, 0.1) is 0 Å². The Labute approximate surface area is 91.1 Å². The summed E-state index contributed by atoms with van der Waals surface area (Å²) in [4.78, 5) is 2.90. The molecule has 0 saturated carbocycles. The maximum atomic E-state index is 5.36. The van der Waals surface area contributed by atoms with Gasteiger partial charge in [0.1, 0.15) is 4.99 Å². The predicted molar refractivity (Wildman–Crippen MR) is 65.6 cm³/mol. The highest BCUT2D eigenvalue weighted by Gasteiger charge is 2.10. The standard InChI is InChI=1S/C12H15NS/c1-4-10(2)13(3)12(14)11-8-6-5-7-9-11/h4-10H,1H2,2-3H3. The molecule has 1 rings (SSSR count). The summed E-state index contributed by atoms with van der Waals surface area (Å²) < 4.78 is 0. The molecule has 0 amide bonds. The monoisotopic (exact) mass is 205 g/mol. The van der Waals surface area contributed by atoms with E-state index in [1.54, 1.807) is 0 Å². The molecule has 0 aliphatic heterocycles. The molecule has 0 bridgehead atoms. The molecule has 1 aromatic rings. The molecule has 0 radical (unpaired) electrons. The number of hydrogen-bond acceptors (Lipinski definition) is 1. The minimum absolute atomic E-state index is 0.266. The Bertz CT molecular complexity index is 318. The van der Waals surface area contributed by atoms with Gasteiger partial charge in [-0.05, 0) is 6.92 Å². The Hall–Kier alpha value is -1.15. The zero-order valence-electron chi connectivity index (χ0n) is 8.60. The van der Waals surface area contributed by atoms with Crippen LogP contribution >= 0.6 is 12.2 Å². The summed E-state index contributed by atoms with van der Waals surface area (Å²) in [5.41, 5.74) is 1.08. The van der Waals surface area contributed by atoms with Crippen LogP contribution < -0.4 is 0 Å². The van der Waals surface area contributed by atoms with Crippen LogP contribution in [0.2, 0.25) is 0 Å². The van der Waals surface area contributed by atoms with Crippen LogP contribution in [0.4, 0.5) is 0 Å². The van der Waals surface area contributed by atoms with Crippen molar-refractivity contribution in [2.45, 2.75) is 13.0 Å². The first-order chi connectivity index (χ1) is 6.66. The molecule has 1 aromatic carbocycles. The fourth-order valence-electron chi connectivity index (χ4n) is 1.13. The van der Waals surface area contributed by atoms with Crippen LogP contribution in [-0.4, -0.2) is 23.0 Å². The van der Waals surface area contributed by atoms with Gasteiger partial charge in [-0.15, -0.1) is 6.58 Å². The zero-order valence-corrected chi connectivity index (χ0v) is 9.42. The first kappa shape index (κ1) is 10.9. The number of hydrogen-bond donors (Lipinski definition) is 0. The van der Waals surface area contributed by atoms with Crippen molar-refractivity contribution in [3.63, 3.8) is 0 Å².